The lowest BCUT2D eigenvalue weighted by atomic mass is 9.97. The summed E-state index contributed by atoms with van der Waals surface area (Å²) in [5, 5.41) is 0. The molecule has 7 heteroatoms. The van der Waals surface area contributed by atoms with Crippen LogP contribution in [0.5, 0.6) is 0 Å². The minimum atomic E-state index is -0.207. The Hall–Kier alpha value is -4.13. The molecule has 0 radical (unpaired) electrons. The smallest absolute Gasteiger partial charge is 0.303 e. The molecule has 5 aromatic rings. The van der Waals surface area contributed by atoms with E-state index in [-0.39, 0.29) is 5.69 Å². The lowest BCUT2D eigenvalue weighted by molar-refractivity contribution is 0.777. The van der Waals surface area contributed by atoms with E-state index in [2.05, 4.69) is 39.8 Å². The first-order chi connectivity index (χ1) is 15.6. The number of aromatic amines is 1. The van der Waals surface area contributed by atoms with Crippen molar-refractivity contribution in [3.05, 3.63) is 94.9 Å². The second-order valence-corrected chi connectivity index (χ2v) is 7.98. The molecule has 0 amide bonds. The highest BCUT2D eigenvalue weighted by atomic mass is 16.1. The van der Waals surface area contributed by atoms with Crippen LogP contribution in [0.25, 0.3) is 33.8 Å². The van der Waals surface area contributed by atoms with Crippen LogP contribution < -0.4 is 5.69 Å². The number of rotatable bonds is 5. The third-order valence-corrected chi connectivity index (χ3v) is 5.49. The van der Waals surface area contributed by atoms with E-state index in [0.717, 1.165) is 22.4 Å². The lowest BCUT2D eigenvalue weighted by Gasteiger charge is -2.11. The van der Waals surface area contributed by atoms with E-state index in [1.54, 1.807) is 29.4 Å². The minimum Gasteiger partial charge on any atom is -0.303 e. The summed E-state index contributed by atoms with van der Waals surface area (Å²) in [6.45, 7) is 4.70. The maximum Gasteiger partial charge on any atom is 0.328 e. The number of imidazole rings is 1. The molecular formula is C25H22N6O. The molecule has 1 N–H and O–H groups in total. The summed E-state index contributed by atoms with van der Waals surface area (Å²) in [5.41, 5.74) is 5.94. The normalized spacial score (nSPS) is 11.3. The van der Waals surface area contributed by atoms with Crippen molar-refractivity contribution in [1.29, 1.82) is 0 Å². The molecule has 2 aromatic carbocycles. The van der Waals surface area contributed by atoms with Crippen molar-refractivity contribution in [2.75, 3.05) is 0 Å². The van der Waals surface area contributed by atoms with Gasteiger partial charge in [-0.15, -0.1) is 0 Å². The fraction of sp³-hybridized carbons (Fsp3) is 0.160. The molecule has 0 saturated heterocycles. The molecule has 0 atom stereocenters. The van der Waals surface area contributed by atoms with Gasteiger partial charge in [-0.2, -0.15) is 0 Å². The maximum absolute atomic E-state index is 12.7. The molecule has 0 aliphatic carbocycles. The summed E-state index contributed by atoms with van der Waals surface area (Å²) in [6.07, 6.45) is 6.73. The van der Waals surface area contributed by atoms with Gasteiger partial charge in [-0.05, 0) is 17.0 Å². The maximum atomic E-state index is 12.7. The second-order valence-electron chi connectivity index (χ2n) is 7.98. The van der Waals surface area contributed by atoms with Crippen LogP contribution >= 0.6 is 0 Å². The van der Waals surface area contributed by atoms with Crippen LogP contribution in [0.4, 0.5) is 0 Å². The number of H-pyrrole nitrogens is 1. The van der Waals surface area contributed by atoms with Crippen LogP contribution in [-0.4, -0.2) is 29.5 Å². The standard InChI is InChI=1S/C25H22N6O/c1-16(2)19-5-3-4-6-20(19)23-28-14-22-24(30-23)31(25(32)29-22)15-17-7-9-18(10-8-17)21-13-26-11-12-27-21/h3-14,16H,15H2,1-2H3,(H,29,32). The predicted octanol–water partition coefficient (Wildman–Crippen LogP) is 4.42. The van der Waals surface area contributed by atoms with Crippen molar-refractivity contribution < 1.29 is 0 Å². The molecule has 0 spiro atoms. The van der Waals surface area contributed by atoms with Crippen molar-refractivity contribution in [1.82, 2.24) is 29.5 Å². The highest BCUT2D eigenvalue weighted by Gasteiger charge is 2.15. The van der Waals surface area contributed by atoms with Gasteiger partial charge in [-0.25, -0.2) is 14.8 Å². The van der Waals surface area contributed by atoms with Crippen LogP contribution in [0.2, 0.25) is 0 Å². The van der Waals surface area contributed by atoms with Gasteiger partial charge in [0.1, 0.15) is 5.52 Å². The van der Waals surface area contributed by atoms with Gasteiger partial charge in [0.25, 0.3) is 0 Å². The average molecular weight is 422 g/mol. The van der Waals surface area contributed by atoms with Gasteiger partial charge in [0.15, 0.2) is 11.5 Å². The van der Waals surface area contributed by atoms with E-state index >= 15 is 0 Å². The Balaban J connectivity index is 1.52. The van der Waals surface area contributed by atoms with E-state index in [4.69, 9.17) is 4.98 Å². The fourth-order valence-electron chi connectivity index (χ4n) is 3.84. The van der Waals surface area contributed by atoms with E-state index in [0.29, 0.717) is 29.5 Å². The average Bonchev–Trinajstić information content (AvgIpc) is 3.14. The third-order valence-electron chi connectivity index (χ3n) is 5.49. The molecule has 0 aliphatic heterocycles. The largest absolute Gasteiger partial charge is 0.328 e. The SMILES string of the molecule is CC(C)c1ccccc1-c1ncc2[nH]c(=O)n(Cc3ccc(-c4cnccn4)cc3)c2n1. The van der Waals surface area contributed by atoms with Crippen LogP contribution in [-0.2, 0) is 6.54 Å². The van der Waals surface area contributed by atoms with E-state index in [1.807, 2.05) is 42.5 Å². The topological polar surface area (TPSA) is 89.4 Å². The molecule has 0 unspecified atom stereocenters. The van der Waals surface area contributed by atoms with Gasteiger partial charge >= 0.3 is 5.69 Å². The van der Waals surface area contributed by atoms with Gasteiger partial charge in [0.05, 0.1) is 24.6 Å². The van der Waals surface area contributed by atoms with Gasteiger partial charge in [-0.3, -0.25) is 14.5 Å². The van der Waals surface area contributed by atoms with Gasteiger partial charge in [-0.1, -0.05) is 62.4 Å². The van der Waals surface area contributed by atoms with E-state index in [9.17, 15) is 4.79 Å². The lowest BCUT2D eigenvalue weighted by Crippen LogP contribution is -2.17. The first kappa shape index (κ1) is 19.8. The molecule has 3 aromatic heterocycles. The Morgan fingerprint density at radius 3 is 2.53 bits per heavy atom. The second kappa shape index (κ2) is 8.19. The van der Waals surface area contributed by atoms with E-state index in [1.165, 1.54) is 5.56 Å². The molecule has 0 fully saturated rings. The molecule has 7 nitrogen and oxygen atoms in total. The Bertz CT molecular complexity index is 1440. The zero-order chi connectivity index (χ0) is 22.1. The summed E-state index contributed by atoms with van der Waals surface area (Å²) in [7, 11) is 0. The zero-order valence-corrected chi connectivity index (χ0v) is 17.9. The summed E-state index contributed by atoms with van der Waals surface area (Å²) < 4.78 is 1.65. The number of benzene rings is 2. The molecule has 0 saturated carbocycles. The molecule has 32 heavy (non-hydrogen) atoms. The van der Waals surface area contributed by atoms with Crippen molar-refractivity contribution >= 4 is 11.2 Å². The van der Waals surface area contributed by atoms with Crippen molar-refractivity contribution in [3.8, 4) is 22.6 Å². The number of nitrogens with one attached hydrogen (secondary N) is 1. The Labute approximate surface area is 184 Å². The van der Waals surface area contributed by atoms with Gasteiger partial charge < -0.3 is 4.98 Å². The fourth-order valence-corrected chi connectivity index (χ4v) is 3.84. The zero-order valence-electron chi connectivity index (χ0n) is 17.9. The molecular weight excluding hydrogens is 400 g/mol. The first-order valence-electron chi connectivity index (χ1n) is 10.5. The molecule has 5 rings (SSSR count). The van der Waals surface area contributed by atoms with Gasteiger partial charge in [0, 0.05) is 23.5 Å². The minimum absolute atomic E-state index is 0.207. The van der Waals surface area contributed by atoms with Crippen LogP contribution in [0, 0.1) is 0 Å². The highest BCUT2D eigenvalue weighted by molar-refractivity contribution is 5.73. The first-order valence-corrected chi connectivity index (χ1v) is 10.5. The number of hydrogen-bond acceptors (Lipinski definition) is 5. The Morgan fingerprint density at radius 1 is 0.969 bits per heavy atom. The Morgan fingerprint density at radius 2 is 1.78 bits per heavy atom. The molecule has 0 aliphatic rings. The van der Waals surface area contributed by atoms with Gasteiger partial charge in [0.2, 0.25) is 0 Å². The van der Waals surface area contributed by atoms with Crippen molar-refractivity contribution in [3.63, 3.8) is 0 Å². The summed E-state index contributed by atoms with van der Waals surface area (Å²) >= 11 is 0. The summed E-state index contributed by atoms with van der Waals surface area (Å²) in [4.78, 5) is 33.3. The third kappa shape index (κ3) is 3.69. The van der Waals surface area contributed by atoms with E-state index < -0.39 is 0 Å². The number of hydrogen-bond donors (Lipinski definition) is 1. The molecule has 3 heterocycles. The summed E-state index contributed by atoms with van der Waals surface area (Å²) in [5.74, 6) is 0.958. The quantitative estimate of drug-likeness (QED) is 0.453. The molecule has 158 valence electrons. The summed E-state index contributed by atoms with van der Waals surface area (Å²) in [6, 6.07) is 16.1. The highest BCUT2D eigenvalue weighted by Crippen LogP contribution is 2.27. The Kier molecular flexibility index (Phi) is 5.07. The van der Waals surface area contributed by atoms with Crippen LogP contribution in [0.3, 0.4) is 0 Å². The predicted molar refractivity (Wildman–Crippen MR) is 124 cm³/mol. The van der Waals surface area contributed by atoms with Crippen molar-refractivity contribution in [2.45, 2.75) is 26.3 Å². The number of nitrogens with zero attached hydrogens (tertiary/aromatic N) is 5. The number of fused-ring (bicyclic) bond motifs is 1. The van der Waals surface area contributed by atoms with Crippen LogP contribution in [0.1, 0.15) is 30.9 Å². The number of aromatic nitrogens is 6. The monoisotopic (exact) mass is 422 g/mol. The van der Waals surface area contributed by atoms with Crippen LogP contribution in [0.15, 0.2) is 78.1 Å². The van der Waals surface area contributed by atoms with Crippen molar-refractivity contribution in [2.24, 2.45) is 0 Å². The molecule has 0 bridgehead atoms.